The zero-order valence-corrected chi connectivity index (χ0v) is 40.0. The molecule has 0 bridgehead atoms. The lowest BCUT2D eigenvalue weighted by molar-refractivity contribution is 0.660. The summed E-state index contributed by atoms with van der Waals surface area (Å²) in [5, 5.41) is 0. The molecule has 0 aliphatic heterocycles. The lowest BCUT2D eigenvalue weighted by Gasteiger charge is -2.32. The molecule has 1 aliphatic carbocycles. The van der Waals surface area contributed by atoms with Gasteiger partial charge < -0.3 is 9.80 Å². The number of anilines is 6. The van der Waals surface area contributed by atoms with E-state index in [1.54, 1.807) is 0 Å². The summed E-state index contributed by atoms with van der Waals surface area (Å²) in [6, 6.07) is 102. The van der Waals surface area contributed by atoms with Crippen molar-refractivity contribution >= 4 is 34.1 Å². The third-order valence-corrected chi connectivity index (χ3v) is 14.2. The first-order valence-corrected chi connectivity index (χ1v) is 24.6. The Kier molecular flexibility index (Phi) is 11.3. The van der Waals surface area contributed by atoms with Crippen LogP contribution in [0.15, 0.2) is 279 Å². The van der Waals surface area contributed by atoms with Crippen molar-refractivity contribution in [3.63, 3.8) is 0 Å². The molecule has 0 fully saturated rings. The van der Waals surface area contributed by atoms with E-state index in [1.165, 1.54) is 55.6 Å². The van der Waals surface area contributed by atoms with E-state index in [-0.39, 0.29) is 5.41 Å². The zero-order chi connectivity index (χ0) is 47.7. The van der Waals surface area contributed by atoms with Gasteiger partial charge in [0, 0.05) is 39.4 Å². The highest BCUT2D eigenvalue weighted by molar-refractivity contribution is 5.96. The maximum absolute atomic E-state index is 2.44. The van der Waals surface area contributed by atoms with E-state index in [1.807, 2.05) is 0 Å². The highest BCUT2D eigenvalue weighted by Crippen LogP contribution is 2.52. The third-order valence-electron chi connectivity index (χ3n) is 14.2. The Morgan fingerprint density at radius 3 is 1.27 bits per heavy atom. The molecule has 0 spiro atoms. The van der Waals surface area contributed by atoms with Crippen molar-refractivity contribution in [3.8, 4) is 66.8 Å². The van der Waals surface area contributed by atoms with E-state index in [4.69, 9.17) is 0 Å². The molecule has 11 aromatic rings. The summed E-state index contributed by atoms with van der Waals surface area (Å²) in [7, 11) is 0. The van der Waals surface area contributed by atoms with Crippen LogP contribution in [-0.2, 0) is 5.41 Å². The van der Waals surface area contributed by atoms with Crippen LogP contribution in [0.5, 0.6) is 0 Å². The minimum absolute atomic E-state index is 0.163. The molecule has 0 N–H and O–H groups in total. The van der Waals surface area contributed by atoms with Crippen LogP contribution in [-0.4, -0.2) is 0 Å². The second-order valence-electron chi connectivity index (χ2n) is 18.9. The predicted octanol–water partition coefficient (Wildman–Crippen LogP) is 19.3. The van der Waals surface area contributed by atoms with Crippen LogP contribution in [0.25, 0.3) is 66.8 Å². The summed E-state index contributed by atoms with van der Waals surface area (Å²) < 4.78 is 0. The molecular formula is C69H52N2. The van der Waals surface area contributed by atoms with Crippen LogP contribution in [0.2, 0.25) is 0 Å². The summed E-state index contributed by atoms with van der Waals surface area (Å²) in [4.78, 5) is 4.87. The first-order valence-electron chi connectivity index (χ1n) is 24.6. The summed E-state index contributed by atoms with van der Waals surface area (Å²) in [6.07, 6.45) is 0. The Labute approximate surface area is 418 Å². The standard InChI is InChI=1S/C69H52N2/c1-69(2)65-37-20-18-34-63(65)64-44-43-57(48-66(64)69)70(55-29-14-6-15-30-55)58-45-54(46-59(47-58)71(56-31-16-7-17-32-56)67-38-21-19-33-60(67)50-23-8-3-9-24-50)49-39-41-53(42-40-49)68-61(51-25-10-4-11-26-51)35-22-36-62(68)52-27-12-5-13-28-52/h3-48H,1-2H3. The van der Waals surface area contributed by atoms with Gasteiger partial charge in [-0.15, -0.1) is 0 Å². The lowest BCUT2D eigenvalue weighted by atomic mass is 9.82. The molecule has 1 aliphatic rings. The van der Waals surface area contributed by atoms with Gasteiger partial charge in [0.15, 0.2) is 0 Å². The molecule has 0 atom stereocenters. The highest BCUT2D eigenvalue weighted by atomic mass is 15.2. The van der Waals surface area contributed by atoms with Crippen molar-refractivity contribution in [2.75, 3.05) is 9.80 Å². The molecule has 338 valence electrons. The monoisotopic (exact) mass is 908 g/mol. The number of para-hydroxylation sites is 3. The maximum Gasteiger partial charge on any atom is 0.0540 e. The van der Waals surface area contributed by atoms with Crippen molar-refractivity contribution in [1.29, 1.82) is 0 Å². The average molecular weight is 909 g/mol. The van der Waals surface area contributed by atoms with Crippen LogP contribution in [0, 0.1) is 0 Å². The molecule has 0 aromatic heterocycles. The Bertz CT molecular complexity index is 3580. The van der Waals surface area contributed by atoms with Crippen molar-refractivity contribution in [2.45, 2.75) is 19.3 Å². The molecule has 0 saturated heterocycles. The number of rotatable bonds is 11. The Balaban J connectivity index is 1.08. The van der Waals surface area contributed by atoms with Gasteiger partial charge in [-0.25, -0.2) is 0 Å². The van der Waals surface area contributed by atoms with Crippen molar-refractivity contribution in [1.82, 2.24) is 0 Å². The minimum atomic E-state index is -0.163. The van der Waals surface area contributed by atoms with Gasteiger partial charge in [0.25, 0.3) is 0 Å². The summed E-state index contributed by atoms with van der Waals surface area (Å²) in [5.74, 6) is 0. The summed E-state index contributed by atoms with van der Waals surface area (Å²) in [6.45, 7) is 4.72. The third kappa shape index (κ3) is 8.10. The topological polar surface area (TPSA) is 6.48 Å². The van der Waals surface area contributed by atoms with Crippen LogP contribution in [0.3, 0.4) is 0 Å². The molecule has 12 rings (SSSR count). The number of nitrogens with zero attached hydrogens (tertiary/aromatic N) is 2. The van der Waals surface area contributed by atoms with Crippen molar-refractivity contribution in [3.05, 3.63) is 290 Å². The molecule has 0 heterocycles. The Morgan fingerprint density at radius 1 is 0.239 bits per heavy atom. The molecule has 71 heavy (non-hydrogen) atoms. The first-order chi connectivity index (χ1) is 35.0. The van der Waals surface area contributed by atoms with Crippen molar-refractivity contribution in [2.24, 2.45) is 0 Å². The molecule has 11 aromatic carbocycles. The average Bonchev–Trinajstić information content (AvgIpc) is 3.67. The quantitative estimate of drug-likeness (QED) is 0.128. The number of hydrogen-bond donors (Lipinski definition) is 0. The van der Waals surface area contributed by atoms with Gasteiger partial charge in [-0.05, 0) is 133 Å². The van der Waals surface area contributed by atoms with E-state index in [0.717, 1.165) is 56.4 Å². The molecule has 0 saturated carbocycles. The summed E-state index contributed by atoms with van der Waals surface area (Å²) in [5.41, 5.74) is 23.3. The van der Waals surface area contributed by atoms with Crippen LogP contribution >= 0.6 is 0 Å². The number of hydrogen-bond acceptors (Lipinski definition) is 2. The Hall–Kier alpha value is -8.98. The fourth-order valence-corrected chi connectivity index (χ4v) is 10.8. The van der Waals surface area contributed by atoms with Gasteiger partial charge >= 0.3 is 0 Å². The molecule has 0 amide bonds. The van der Waals surface area contributed by atoms with Gasteiger partial charge in [0.05, 0.1) is 5.69 Å². The lowest BCUT2D eigenvalue weighted by Crippen LogP contribution is -2.17. The molecule has 2 nitrogen and oxygen atoms in total. The molecule has 0 radical (unpaired) electrons. The second-order valence-corrected chi connectivity index (χ2v) is 18.9. The predicted molar refractivity (Wildman–Crippen MR) is 301 cm³/mol. The normalized spacial score (nSPS) is 12.2. The van der Waals surface area contributed by atoms with Gasteiger partial charge in [0.2, 0.25) is 0 Å². The highest BCUT2D eigenvalue weighted by Gasteiger charge is 2.36. The van der Waals surface area contributed by atoms with Crippen LogP contribution in [0.1, 0.15) is 25.0 Å². The fraction of sp³-hybridized carbons (Fsp3) is 0.0435. The van der Waals surface area contributed by atoms with Gasteiger partial charge in [-0.1, -0.05) is 232 Å². The number of fused-ring (bicyclic) bond motifs is 3. The fourth-order valence-electron chi connectivity index (χ4n) is 10.8. The zero-order valence-electron chi connectivity index (χ0n) is 40.0. The smallest absolute Gasteiger partial charge is 0.0540 e. The second kappa shape index (κ2) is 18.5. The molecular weight excluding hydrogens is 857 g/mol. The molecule has 2 heteroatoms. The first kappa shape index (κ1) is 43.3. The maximum atomic E-state index is 2.44. The van der Waals surface area contributed by atoms with Gasteiger partial charge in [-0.3, -0.25) is 0 Å². The largest absolute Gasteiger partial charge is 0.310 e. The number of benzene rings is 11. The minimum Gasteiger partial charge on any atom is -0.310 e. The van der Waals surface area contributed by atoms with Gasteiger partial charge in [-0.2, -0.15) is 0 Å². The van der Waals surface area contributed by atoms with E-state index in [0.29, 0.717) is 0 Å². The molecule has 0 unspecified atom stereocenters. The SMILES string of the molecule is CC1(C)c2ccccc2-c2ccc(N(c3ccccc3)c3cc(-c4ccc(-c5c(-c6ccccc6)cccc5-c5ccccc5)cc4)cc(N(c4ccccc4)c4ccccc4-c4ccccc4)c3)cc21. The van der Waals surface area contributed by atoms with Crippen LogP contribution < -0.4 is 9.80 Å². The van der Waals surface area contributed by atoms with E-state index in [9.17, 15) is 0 Å². The summed E-state index contributed by atoms with van der Waals surface area (Å²) >= 11 is 0. The van der Waals surface area contributed by atoms with E-state index < -0.39 is 0 Å². The van der Waals surface area contributed by atoms with Crippen molar-refractivity contribution < 1.29 is 0 Å². The van der Waals surface area contributed by atoms with Crippen LogP contribution in [0.4, 0.5) is 34.1 Å². The Morgan fingerprint density at radius 2 is 0.676 bits per heavy atom. The van der Waals surface area contributed by atoms with E-state index in [2.05, 4.69) is 303 Å². The van der Waals surface area contributed by atoms with Gasteiger partial charge in [0.1, 0.15) is 0 Å². The van der Waals surface area contributed by atoms with E-state index >= 15 is 0 Å².